The number of benzene rings is 2. The van der Waals surface area contributed by atoms with E-state index in [1.807, 2.05) is 61.7 Å². The molecule has 0 bridgehead atoms. The molecule has 1 fully saturated rings. The summed E-state index contributed by atoms with van der Waals surface area (Å²) in [6.07, 6.45) is 2.13. The second-order valence-corrected chi connectivity index (χ2v) is 7.64. The molecule has 31 heavy (non-hydrogen) atoms. The Morgan fingerprint density at radius 2 is 1.84 bits per heavy atom. The molecule has 162 valence electrons. The Labute approximate surface area is 182 Å². The quantitative estimate of drug-likeness (QED) is 0.616. The summed E-state index contributed by atoms with van der Waals surface area (Å²) in [5.41, 5.74) is 3.79. The molecule has 1 aromatic heterocycles. The third-order valence-electron chi connectivity index (χ3n) is 5.61. The highest BCUT2D eigenvalue weighted by atomic mass is 16.5. The number of H-pyrrole nitrogens is 1. The van der Waals surface area contributed by atoms with Crippen molar-refractivity contribution in [2.75, 3.05) is 49.6 Å². The van der Waals surface area contributed by atoms with Crippen LogP contribution in [0, 0.1) is 0 Å². The van der Waals surface area contributed by atoms with E-state index in [1.54, 1.807) is 4.90 Å². The van der Waals surface area contributed by atoms with Crippen molar-refractivity contribution in [3.05, 3.63) is 60.3 Å². The zero-order valence-electron chi connectivity index (χ0n) is 17.8. The van der Waals surface area contributed by atoms with Crippen molar-refractivity contribution in [2.45, 2.75) is 13.3 Å². The number of fused-ring (bicyclic) bond motifs is 1. The summed E-state index contributed by atoms with van der Waals surface area (Å²) in [7, 11) is 0. The molecule has 1 aliphatic rings. The molecule has 0 radical (unpaired) electrons. The average Bonchev–Trinajstić information content (AvgIpc) is 3.21. The molecule has 0 atom stereocenters. The Balaban J connectivity index is 1.33. The number of ether oxygens (including phenoxy) is 1. The van der Waals surface area contributed by atoms with E-state index in [9.17, 15) is 9.59 Å². The highest BCUT2D eigenvalue weighted by Crippen LogP contribution is 2.20. The normalized spacial score (nSPS) is 13.9. The number of amides is 2. The summed E-state index contributed by atoms with van der Waals surface area (Å²) in [6, 6.07) is 15.7. The molecular formula is C24H28N4O3. The summed E-state index contributed by atoms with van der Waals surface area (Å²) in [5, 5.41) is 3.94. The topological polar surface area (TPSA) is 77.7 Å². The lowest BCUT2D eigenvalue weighted by molar-refractivity contribution is -0.133. The molecule has 2 aromatic carbocycles. The minimum Gasteiger partial charge on any atom is -0.378 e. The highest BCUT2D eigenvalue weighted by molar-refractivity contribution is 5.95. The standard InChI is InChI=1S/C24H28N4O3/c1-2-27(24(30)15-18-16-25-22-6-4-3-5-21(18)22)17-23(29)26-19-7-9-20(10-8-19)28-11-13-31-14-12-28/h3-10,16,25H,2,11-15,17H2,1H3,(H,26,29). The molecule has 1 saturated heterocycles. The molecule has 1 aliphatic heterocycles. The minimum absolute atomic E-state index is 0.0307. The monoisotopic (exact) mass is 420 g/mol. The van der Waals surface area contributed by atoms with Gasteiger partial charge < -0.3 is 24.8 Å². The van der Waals surface area contributed by atoms with Crippen molar-refractivity contribution < 1.29 is 14.3 Å². The molecule has 0 unspecified atom stereocenters. The number of nitrogens with zero attached hydrogens (tertiary/aromatic N) is 2. The second-order valence-electron chi connectivity index (χ2n) is 7.64. The van der Waals surface area contributed by atoms with Crippen LogP contribution >= 0.6 is 0 Å². The maximum atomic E-state index is 12.8. The van der Waals surface area contributed by atoms with Crippen LogP contribution in [0.4, 0.5) is 11.4 Å². The van der Waals surface area contributed by atoms with Gasteiger partial charge in [-0.25, -0.2) is 0 Å². The fraction of sp³-hybridized carbons (Fsp3) is 0.333. The van der Waals surface area contributed by atoms with Crippen LogP contribution in [-0.2, 0) is 20.7 Å². The van der Waals surface area contributed by atoms with Gasteiger partial charge in [0.1, 0.15) is 0 Å². The third-order valence-corrected chi connectivity index (χ3v) is 5.61. The molecule has 4 rings (SSSR count). The first-order chi connectivity index (χ1) is 15.1. The maximum Gasteiger partial charge on any atom is 0.243 e. The number of aromatic amines is 1. The van der Waals surface area contributed by atoms with E-state index in [4.69, 9.17) is 4.74 Å². The number of anilines is 2. The molecule has 2 N–H and O–H groups in total. The number of rotatable bonds is 7. The van der Waals surface area contributed by atoms with Crippen LogP contribution in [0.15, 0.2) is 54.7 Å². The number of aromatic nitrogens is 1. The van der Waals surface area contributed by atoms with Crippen molar-refractivity contribution in [2.24, 2.45) is 0 Å². The van der Waals surface area contributed by atoms with Gasteiger partial charge in [-0.3, -0.25) is 9.59 Å². The van der Waals surface area contributed by atoms with Crippen molar-refractivity contribution in [1.29, 1.82) is 0 Å². The molecule has 0 saturated carbocycles. The van der Waals surface area contributed by atoms with E-state index in [2.05, 4.69) is 15.2 Å². The molecule has 7 nitrogen and oxygen atoms in total. The van der Waals surface area contributed by atoms with Crippen LogP contribution in [0.1, 0.15) is 12.5 Å². The van der Waals surface area contributed by atoms with Gasteiger partial charge in [-0.2, -0.15) is 0 Å². The summed E-state index contributed by atoms with van der Waals surface area (Å²) in [6.45, 7) is 5.60. The number of para-hydroxylation sites is 1. The van der Waals surface area contributed by atoms with E-state index in [0.717, 1.165) is 54.1 Å². The van der Waals surface area contributed by atoms with Gasteiger partial charge >= 0.3 is 0 Å². The molecular weight excluding hydrogens is 392 g/mol. The van der Waals surface area contributed by atoms with Crippen LogP contribution in [0.3, 0.4) is 0 Å². The lowest BCUT2D eigenvalue weighted by Gasteiger charge is -2.29. The van der Waals surface area contributed by atoms with Crippen LogP contribution in [-0.4, -0.2) is 61.1 Å². The molecule has 0 aliphatic carbocycles. The summed E-state index contributed by atoms with van der Waals surface area (Å²) in [5.74, 6) is -0.265. The first kappa shape index (κ1) is 20.9. The van der Waals surface area contributed by atoms with Gasteiger partial charge in [-0.05, 0) is 42.8 Å². The predicted molar refractivity (Wildman–Crippen MR) is 122 cm³/mol. The van der Waals surface area contributed by atoms with Gasteiger partial charge in [0.25, 0.3) is 0 Å². The van der Waals surface area contributed by atoms with E-state index >= 15 is 0 Å². The molecule has 2 heterocycles. The van der Waals surface area contributed by atoms with Gasteiger partial charge in [-0.1, -0.05) is 18.2 Å². The first-order valence-corrected chi connectivity index (χ1v) is 10.7. The Bertz CT molecular complexity index is 1040. The van der Waals surface area contributed by atoms with Crippen LogP contribution in [0.25, 0.3) is 10.9 Å². The first-order valence-electron chi connectivity index (χ1n) is 10.7. The number of morpholine rings is 1. The number of nitrogens with one attached hydrogen (secondary N) is 2. The van der Waals surface area contributed by atoms with Crippen LogP contribution in [0.2, 0.25) is 0 Å². The van der Waals surface area contributed by atoms with Crippen molar-refractivity contribution in [3.8, 4) is 0 Å². The molecule has 3 aromatic rings. The highest BCUT2D eigenvalue weighted by Gasteiger charge is 2.18. The Hall–Kier alpha value is -3.32. The van der Waals surface area contributed by atoms with Crippen molar-refractivity contribution in [3.63, 3.8) is 0 Å². The average molecular weight is 421 g/mol. The zero-order chi connectivity index (χ0) is 21.6. The Kier molecular flexibility index (Phi) is 6.52. The van der Waals surface area contributed by atoms with Crippen molar-refractivity contribution >= 4 is 34.1 Å². The molecule has 2 amide bonds. The van der Waals surface area contributed by atoms with Crippen LogP contribution in [0.5, 0.6) is 0 Å². The third kappa shape index (κ3) is 5.06. The summed E-state index contributed by atoms with van der Waals surface area (Å²) < 4.78 is 5.39. The second kappa shape index (κ2) is 9.66. The van der Waals surface area contributed by atoms with E-state index in [0.29, 0.717) is 6.54 Å². The summed E-state index contributed by atoms with van der Waals surface area (Å²) >= 11 is 0. The number of likely N-dealkylation sites (N-methyl/N-ethyl adjacent to an activating group) is 1. The van der Waals surface area contributed by atoms with Gasteiger partial charge in [0.2, 0.25) is 11.8 Å². The fourth-order valence-corrected chi connectivity index (χ4v) is 3.88. The lowest BCUT2D eigenvalue weighted by atomic mass is 10.1. The smallest absolute Gasteiger partial charge is 0.243 e. The van der Waals surface area contributed by atoms with Crippen LogP contribution < -0.4 is 10.2 Å². The number of hydrogen-bond donors (Lipinski definition) is 2. The predicted octanol–water partition coefficient (Wildman–Crippen LogP) is 3.03. The van der Waals surface area contributed by atoms with E-state index < -0.39 is 0 Å². The SMILES string of the molecule is CCN(CC(=O)Nc1ccc(N2CCOCC2)cc1)C(=O)Cc1c[nH]c2ccccc12. The summed E-state index contributed by atoms with van der Waals surface area (Å²) in [4.78, 5) is 32.4. The van der Waals surface area contributed by atoms with E-state index in [-0.39, 0.29) is 24.8 Å². The number of carbonyl (C=O) groups is 2. The van der Waals surface area contributed by atoms with Gasteiger partial charge in [0.05, 0.1) is 26.2 Å². The fourth-order valence-electron chi connectivity index (χ4n) is 3.88. The number of carbonyl (C=O) groups excluding carboxylic acids is 2. The van der Waals surface area contributed by atoms with Crippen molar-refractivity contribution in [1.82, 2.24) is 9.88 Å². The maximum absolute atomic E-state index is 12.8. The van der Waals surface area contributed by atoms with Gasteiger partial charge in [0, 0.05) is 48.1 Å². The largest absolute Gasteiger partial charge is 0.378 e. The van der Waals surface area contributed by atoms with E-state index in [1.165, 1.54) is 0 Å². The zero-order valence-corrected chi connectivity index (χ0v) is 17.8. The lowest BCUT2D eigenvalue weighted by Crippen LogP contribution is -2.38. The molecule has 7 heteroatoms. The van der Waals surface area contributed by atoms with Gasteiger partial charge in [-0.15, -0.1) is 0 Å². The number of hydrogen-bond acceptors (Lipinski definition) is 4. The van der Waals surface area contributed by atoms with Gasteiger partial charge in [0.15, 0.2) is 0 Å². The Morgan fingerprint density at radius 1 is 1.10 bits per heavy atom. The Morgan fingerprint density at radius 3 is 2.58 bits per heavy atom. The molecule has 0 spiro atoms. The minimum atomic E-state index is -0.201.